The summed E-state index contributed by atoms with van der Waals surface area (Å²) in [4.78, 5) is 0. The zero-order chi connectivity index (χ0) is 22.1. The standard InChI is InChI=1S/C22H13F6N3/c23-14-7-5-12(6-8-14)10-31-11-13(15-3-1-2-4-16(15)31)9-29-30-22-20(27)18(25)17(24)19(26)21(22)28/h1-9,11,30H,10H2. The third-order valence-corrected chi connectivity index (χ3v) is 4.68. The average molecular weight is 433 g/mol. The van der Waals surface area contributed by atoms with E-state index in [1.807, 2.05) is 22.1 Å². The van der Waals surface area contributed by atoms with E-state index in [0.29, 0.717) is 12.1 Å². The number of nitrogens with one attached hydrogen (secondary N) is 1. The molecule has 158 valence electrons. The van der Waals surface area contributed by atoms with E-state index in [4.69, 9.17) is 0 Å². The topological polar surface area (TPSA) is 29.3 Å². The lowest BCUT2D eigenvalue weighted by Crippen LogP contribution is -2.06. The van der Waals surface area contributed by atoms with Crippen molar-refractivity contribution in [2.45, 2.75) is 6.54 Å². The highest BCUT2D eigenvalue weighted by molar-refractivity contribution is 5.99. The molecule has 0 aliphatic rings. The zero-order valence-electron chi connectivity index (χ0n) is 15.6. The van der Waals surface area contributed by atoms with E-state index >= 15 is 0 Å². The van der Waals surface area contributed by atoms with E-state index in [0.717, 1.165) is 16.5 Å². The van der Waals surface area contributed by atoms with Gasteiger partial charge in [-0.1, -0.05) is 30.3 Å². The fourth-order valence-corrected chi connectivity index (χ4v) is 3.16. The highest BCUT2D eigenvalue weighted by atomic mass is 19.2. The van der Waals surface area contributed by atoms with Crippen molar-refractivity contribution < 1.29 is 26.3 Å². The highest BCUT2D eigenvalue weighted by Crippen LogP contribution is 2.27. The van der Waals surface area contributed by atoms with Gasteiger partial charge in [0.1, 0.15) is 11.5 Å². The monoisotopic (exact) mass is 433 g/mol. The number of para-hydroxylation sites is 1. The summed E-state index contributed by atoms with van der Waals surface area (Å²) in [5.74, 6) is -10.7. The zero-order valence-corrected chi connectivity index (χ0v) is 15.6. The molecule has 0 aliphatic carbocycles. The molecule has 0 fully saturated rings. The summed E-state index contributed by atoms with van der Waals surface area (Å²) >= 11 is 0. The van der Waals surface area contributed by atoms with E-state index < -0.39 is 34.8 Å². The molecular formula is C22H13F6N3. The maximum Gasteiger partial charge on any atom is 0.200 e. The predicted molar refractivity (Wildman–Crippen MR) is 105 cm³/mol. The van der Waals surface area contributed by atoms with E-state index in [-0.39, 0.29) is 5.82 Å². The summed E-state index contributed by atoms with van der Waals surface area (Å²) in [6.45, 7) is 0.416. The Balaban J connectivity index is 1.65. The number of hydrogen-bond acceptors (Lipinski definition) is 2. The van der Waals surface area contributed by atoms with Crippen LogP contribution in [0.1, 0.15) is 11.1 Å². The van der Waals surface area contributed by atoms with Crippen LogP contribution in [-0.4, -0.2) is 10.8 Å². The molecule has 0 aliphatic heterocycles. The van der Waals surface area contributed by atoms with E-state index in [1.165, 1.54) is 18.3 Å². The van der Waals surface area contributed by atoms with Gasteiger partial charge in [0.25, 0.3) is 0 Å². The summed E-state index contributed by atoms with van der Waals surface area (Å²) in [5, 5.41) is 4.40. The van der Waals surface area contributed by atoms with Gasteiger partial charge in [-0.15, -0.1) is 0 Å². The molecular weight excluding hydrogens is 420 g/mol. The number of anilines is 1. The number of fused-ring (bicyclic) bond motifs is 1. The molecule has 3 nitrogen and oxygen atoms in total. The van der Waals surface area contributed by atoms with Crippen LogP contribution in [0.25, 0.3) is 10.9 Å². The predicted octanol–water partition coefficient (Wildman–Crippen LogP) is 5.97. The van der Waals surface area contributed by atoms with E-state index in [9.17, 15) is 26.3 Å². The Morgan fingerprint density at radius 1 is 0.774 bits per heavy atom. The molecule has 0 saturated heterocycles. The van der Waals surface area contributed by atoms with Crippen molar-refractivity contribution in [1.82, 2.24) is 4.57 Å². The Morgan fingerprint density at radius 2 is 1.39 bits per heavy atom. The quantitative estimate of drug-likeness (QED) is 0.136. The summed E-state index contributed by atoms with van der Waals surface area (Å²) < 4.78 is 82.3. The first-order valence-corrected chi connectivity index (χ1v) is 8.99. The van der Waals surface area contributed by atoms with Crippen molar-refractivity contribution in [3.63, 3.8) is 0 Å². The van der Waals surface area contributed by atoms with Gasteiger partial charge in [0.2, 0.25) is 5.82 Å². The molecule has 0 unspecified atom stereocenters. The Hall–Kier alpha value is -3.75. The minimum absolute atomic E-state index is 0.354. The highest BCUT2D eigenvalue weighted by Gasteiger charge is 2.25. The number of rotatable bonds is 5. The van der Waals surface area contributed by atoms with Crippen LogP contribution >= 0.6 is 0 Å². The minimum Gasteiger partial charge on any atom is -0.342 e. The van der Waals surface area contributed by atoms with Crippen molar-refractivity contribution in [2.75, 3.05) is 5.43 Å². The maximum atomic E-state index is 13.8. The number of aromatic nitrogens is 1. The Morgan fingerprint density at radius 3 is 2.06 bits per heavy atom. The van der Waals surface area contributed by atoms with Crippen molar-refractivity contribution in [1.29, 1.82) is 0 Å². The molecule has 0 spiro atoms. The van der Waals surface area contributed by atoms with Gasteiger partial charge in [-0.05, 0) is 23.8 Å². The third kappa shape index (κ3) is 3.86. The second-order valence-electron chi connectivity index (χ2n) is 6.67. The molecule has 31 heavy (non-hydrogen) atoms. The van der Waals surface area contributed by atoms with Crippen molar-refractivity contribution in [3.8, 4) is 0 Å². The summed E-state index contributed by atoms with van der Waals surface area (Å²) in [5.41, 5.74) is 2.83. The lowest BCUT2D eigenvalue weighted by Gasteiger charge is -2.06. The largest absolute Gasteiger partial charge is 0.342 e. The van der Waals surface area contributed by atoms with Crippen LogP contribution in [0, 0.1) is 34.9 Å². The van der Waals surface area contributed by atoms with Crippen LogP contribution in [-0.2, 0) is 6.54 Å². The molecule has 0 bridgehead atoms. The van der Waals surface area contributed by atoms with Crippen molar-refractivity contribution >= 4 is 22.8 Å². The smallest absolute Gasteiger partial charge is 0.200 e. The Labute approximate surface area is 172 Å². The van der Waals surface area contributed by atoms with Gasteiger partial charge in [-0.3, -0.25) is 5.43 Å². The molecule has 4 aromatic rings. The molecule has 1 heterocycles. The molecule has 1 N–H and O–H groups in total. The Kier molecular flexibility index (Phi) is 5.41. The first-order chi connectivity index (χ1) is 14.9. The van der Waals surface area contributed by atoms with Gasteiger partial charge < -0.3 is 4.57 Å². The molecule has 1 aromatic heterocycles. The molecule has 9 heteroatoms. The van der Waals surface area contributed by atoms with Gasteiger partial charge >= 0.3 is 0 Å². The molecule has 0 saturated carbocycles. The van der Waals surface area contributed by atoms with Gasteiger partial charge in [-0.25, -0.2) is 26.3 Å². The first kappa shape index (κ1) is 20.5. The minimum atomic E-state index is -2.24. The Bertz CT molecular complexity index is 1270. The number of benzene rings is 3. The van der Waals surface area contributed by atoms with Gasteiger partial charge in [0.05, 0.1) is 6.21 Å². The molecule has 0 radical (unpaired) electrons. The maximum absolute atomic E-state index is 13.8. The van der Waals surface area contributed by atoms with Crippen LogP contribution in [0.5, 0.6) is 0 Å². The number of hydrazone groups is 1. The first-order valence-electron chi connectivity index (χ1n) is 8.99. The van der Waals surface area contributed by atoms with E-state index in [2.05, 4.69) is 5.10 Å². The molecule has 3 aromatic carbocycles. The van der Waals surface area contributed by atoms with Crippen LogP contribution in [0.2, 0.25) is 0 Å². The molecule has 4 rings (SSSR count). The molecule has 0 atom stereocenters. The fourth-order valence-electron chi connectivity index (χ4n) is 3.16. The van der Waals surface area contributed by atoms with E-state index in [1.54, 1.807) is 30.5 Å². The fraction of sp³-hybridized carbons (Fsp3) is 0.0455. The van der Waals surface area contributed by atoms with Crippen molar-refractivity contribution in [3.05, 3.63) is 101 Å². The third-order valence-electron chi connectivity index (χ3n) is 4.68. The number of hydrogen-bond donors (Lipinski definition) is 1. The normalized spacial score (nSPS) is 11.5. The van der Waals surface area contributed by atoms with Crippen LogP contribution < -0.4 is 5.43 Å². The summed E-state index contributed by atoms with van der Waals surface area (Å²) in [6, 6.07) is 13.2. The second-order valence-corrected chi connectivity index (χ2v) is 6.67. The average Bonchev–Trinajstić information content (AvgIpc) is 3.12. The van der Waals surface area contributed by atoms with Gasteiger partial charge in [0, 0.05) is 29.2 Å². The lowest BCUT2D eigenvalue weighted by atomic mass is 10.2. The van der Waals surface area contributed by atoms with Gasteiger partial charge in [0.15, 0.2) is 23.3 Å². The van der Waals surface area contributed by atoms with Gasteiger partial charge in [-0.2, -0.15) is 5.10 Å². The van der Waals surface area contributed by atoms with Crippen LogP contribution in [0.4, 0.5) is 32.0 Å². The number of halogens is 6. The lowest BCUT2D eigenvalue weighted by molar-refractivity contribution is 0.381. The van der Waals surface area contributed by atoms with Crippen molar-refractivity contribution in [2.24, 2.45) is 5.10 Å². The van der Waals surface area contributed by atoms with Crippen LogP contribution in [0.15, 0.2) is 59.8 Å². The molecule has 0 amide bonds. The number of nitrogens with zero attached hydrogens (tertiary/aromatic N) is 2. The second kappa shape index (κ2) is 8.17. The van der Waals surface area contributed by atoms with Crippen LogP contribution in [0.3, 0.4) is 0 Å². The summed E-state index contributed by atoms with van der Waals surface area (Å²) in [7, 11) is 0. The SMILES string of the molecule is Fc1ccc(Cn2cc(C=NNc3c(F)c(F)c(F)c(F)c3F)c3ccccc32)cc1. The summed E-state index contributed by atoms with van der Waals surface area (Å²) in [6.07, 6.45) is 2.92.